The van der Waals surface area contributed by atoms with E-state index >= 15 is 0 Å². The minimum atomic E-state index is -1.26. The molecule has 0 aliphatic heterocycles. The molecule has 6 heteroatoms. The molecule has 2 rings (SSSR count). The van der Waals surface area contributed by atoms with Gasteiger partial charge in [0.25, 0.3) is 0 Å². The Bertz CT molecular complexity index is 607. The van der Waals surface area contributed by atoms with Crippen LogP contribution in [0.4, 0.5) is 17.6 Å². The lowest BCUT2D eigenvalue weighted by Gasteiger charge is -2.15. The predicted molar refractivity (Wildman–Crippen MR) is 63.8 cm³/mol. The molecular formula is C13H8ClF4N. The molecule has 1 atom stereocenters. The molecule has 2 aromatic carbocycles. The Labute approximate surface area is 111 Å². The monoisotopic (exact) mass is 289 g/mol. The van der Waals surface area contributed by atoms with Crippen molar-refractivity contribution in [3.63, 3.8) is 0 Å². The molecule has 0 fully saturated rings. The normalized spacial score (nSPS) is 12.5. The van der Waals surface area contributed by atoms with E-state index in [2.05, 4.69) is 0 Å². The summed E-state index contributed by atoms with van der Waals surface area (Å²) in [4.78, 5) is 0. The van der Waals surface area contributed by atoms with Gasteiger partial charge in [0.1, 0.15) is 23.3 Å². The fraction of sp³-hybridized carbons (Fsp3) is 0.0769. The van der Waals surface area contributed by atoms with Gasteiger partial charge in [-0.25, -0.2) is 17.6 Å². The fourth-order valence-corrected chi connectivity index (χ4v) is 1.84. The van der Waals surface area contributed by atoms with E-state index in [1.807, 2.05) is 0 Å². The molecule has 0 bridgehead atoms. The van der Waals surface area contributed by atoms with Crippen LogP contribution < -0.4 is 5.73 Å². The van der Waals surface area contributed by atoms with Gasteiger partial charge in [-0.05, 0) is 17.7 Å². The van der Waals surface area contributed by atoms with Gasteiger partial charge in [0, 0.05) is 17.7 Å². The van der Waals surface area contributed by atoms with Crippen molar-refractivity contribution in [1.29, 1.82) is 0 Å². The summed E-state index contributed by atoms with van der Waals surface area (Å²) >= 11 is 5.50. The van der Waals surface area contributed by atoms with Crippen molar-refractivity contribution in [2.45, 2.75) is 6.04 Å². The second-order valence-electron chi connectivity index (χ2n) is 3.93. The van der Waals surface area contributed by atoms with Crippen LogP contribution in [0.5, 0.6) is 0 Å². The zero-order chi connectivity index (χ0) is 14.2. The number of rotatable bonds is 2. The van der Waals surface area contributed by atoms with Gasteiger partial charge in [0.2, 0.25) is 0 Å². The van der Waals surface area contributed by atoms with Crippen LogP contribution in [0, 0.1) is 23.3 Å². The van der Waals surface area contributed by atoms with E-state index in [1.54, 1.807) is 0 Å². The third-order valence-corrected chi connectivity index (χ3v) is 2.96. The molecule has 0 aliphatic rings. The van der Waals surface area contributed by atoms with E-state index in [1.165, 1.54) is 12.1 Å². The second kappa shape index (κ2) is 5.19. The predicted octanol–water partition coefficient (Wildman–Crippen LogP) is 3.94. The van der Waals surface area contributed by atoms with Gasteiger partial charge in [0.05, 0.1) is 11.1 Å². The van der Waals surface area contributed by atoms with Gasteiger partial charge in [-0.1, -0.05) is 17.7 Å². The van der Waals surface area contributed by atoms with Crippen LogP contribution in [-0.2, 0) is 0 Å². The second-order valence-corrected chi connectivity index (χ2v) is 4.34. The average Bonchev–Trinajstić information content (AvgIpc) is 2.31. The van der Waals surface area contributed by atoms with Crippen LogP contribution in [0.25, 0.3) is 0 Å². The third kappa shape index (κ3) is 2.72. The average molecular weight is 290 g/mol. The van der Waals surface area contributed by atoms with Crippen molar-refractivity contribution in [1.82, 2.24) is 0 Å². The molecule has 100 valence electrons. The highest BCUT2D eigenvalue weighted by Crippen LogP contribution is 2.27. The van der Waals surface area contributed by atoms with Crippen molar-refractivity contribution in [3.05, 3.63) is 69.8 Å². The SMILES string of the molecule is NC(c1ccc(Cl)c(F)c1)c1c(F)cc(F)cc1F. The number of benzene rings is 2. The third-order valence-electron chi connectivity index (χ3n) is 2.66. The molecule has 2 aromatic rings. The standard InChI is InChI=1S/C13H8ClF4N/c14-8-2-1-6(3-9(8)16)13(19)12-10(17)4-7(15)5-11(12)18/h1-5,13H,19H2. The number of hydrogen-bond donors (Lipinski definition) is 1. The summed E-state index contributed by atoms with van der Waals surface area (Å²) in [6, 6.07) is 3.33. The van der Waals surface area contributed by atoms with Gasteiger partial charge in [-0.3, -0.25) is 0 Å². The fourth-order valence-electron chi connectivity index (χ4n) is 1.72. The molecule has 1 unspecified atom stereocenters. The lowest BCUT2D eigenvalue weighted by Crippen LogP contribution is -2.16. The summed E-state index contributed by atoms with van der Waals surface area (Å²) in [7, 11) is 0. The molecule has 0 aromatic heterocycles. The van der Waals surface area contributed by atoms with Gasteiger partial charge in [0.15, 0.2) is 0 Å². The maximum atomic E-state index is 13.5. The molecule has 0 saturated heterocycles. The largest absolute Gasteiger partial charge is 0.320 e. The van der Waals surface area contributed by atoms with E-state index < -0.39 is 34.9 Å². The number of nitrogens with two attached hydrogens (primary N) is 1. The molecule has 1 nitrogen and oxygen atoms in total. The highest BCUT2D eigenvalue weighted by Gasteiger charge is 2.20. The molecule has 0 amide bonds. The van der Waals surface area contributed by atoms with Gasteiger partial charge < -0.3 is 5.73 Å². The summed E-state index contributed by atoms with van der Waals surface area (Å²) in [6.07, 6.45) is 0. The molecule has 0 radical (unpaired) electrons. The first-order valence-electron chi connectivity index (χ1n) is 5.25. The summed E-state index contributed by atoms with van der Waals surface area (Å²) in [5.74, 6) is -4.05. The molecule has 19 heavy (non-hydrogen) atoms. The first-order valence-corrected chi connectivity index (χ1v) is 5.63. The van der Waals surface area contributed by atoms with Crippen LogP contribution in [0.1, 0.15) is 17.2 Å². The number of hydrogen-bond acceptors (Lipinski definition) is 1. The van der Waals surface area contributed by atoms with Crippen LogP contribution in [0.2, 0.25) is 5.02 Å². The molecule has 0 aliphatic carbocycles. The highest BCUT2D eigenvalue weighted by molar-refractivity contribution is 6.30. The van der Waals surface area contributed by atoms with Crippen LogP contribution in [0.3, 0.4) is 0 Å². The highest BCUT2D eigenvalue weighted by atomic mass is 35.5. The smallest absolute Gasteiger partial charge is 0.142 e. The molecule has 0 heterocycles. The first-order chi connectivity index (χ1) is 8.90. The lowest BCUT2D eigenvalue weighted by molar-refractivity contribution is 0.514. The van der Waals surface area contributed by atoms with Gasteiger partial charge >= 0.3 is 0 Å². The Morgan fingerprint density at radius 2 is 1.47 bits per heavy atom. The van der Waals surface area contributed by atoms with E-state index in [0.717, 1.165) is 6.07 Å². The summed E-state index contributed by atoms with van der Waals surface area (Å²) in [6.45, 7) is 0. The Hall–Kier alpha value is -1.59. The summed E-state index contributed by atoms with van der Waals surface area (Å²) < 4.78 is 53.2. The first kappa shape index (κ1) is 13.8. The Balaban J connectivity index is 2.49. The molecule has 0 spiro atoms. The van der Waals surface area contributed by atoms with Crippen LogP contribution in [-0.4, -0.2) is 0 Å². The quantitative estimate of drug-likeness (QED) is 0.833. The van der Waals surface area contributed by atoms with E-state index in [9.17, 15) is 17.6 Å². The van der Waals surface area contributed by atoms with Crippen molar-refractivity contribution in [2.75, 3.05) is 0 Å². The van der Waals surface area contributed by atoms with Crippen molar-refractivity contribution in [3.8, 4) is 0 Å². The maximum absolute atomic E-state index is 13.5. The Morgan fingerprint density at radius 1 is 0.895 bits per heavy atom. The van der Waals surface area contributed by atoms with Crippen LogP contribution >= 0.6 is 11.6 Å². The maximum Gasteiger partial charge on any atom is 0.142 e. The van der Waals surface area contributed by atoms with Gasteiger partial charge in [-0.15, -0.1) is 0 Å². The van der Waals surface area contributed by atoms with E-state index in [4.69, 9.17) is 17.3 Å². The van der Waals surface area contributed by atoms with Gasteiger partial charge in [-0.2, -0.15) is 0 Å². The van der Waals surface area contributed by atoms with Crippen molar-refractivity contribution in [2.24, 2.45) is 5.73 Å². The molecule has 2 N–H and O–H groups in total. The van der Waals surface area contributed by atoms with Crippen molar-refractivity contribution >= 4 is 11.6 Å². The Kier molecular flexibility index (Phi) is 3.78. The topological polar surface area (TPSA) is 26.0 Å². The molecule has 0 saturated carbocycles. The number of halogens is 5. The minimum absolute atomic E-state index is 0.129. The van der Waals surface area contributed by atoms with Crippen LogP contribution in [0.15, 0.2) is 30.3 Å². The van der Waals surface area contributed by atoms with Crippen molar-refractivity contribution < 1.29 is 17.6 Å². The van der Waals surface area contributed by atoms with E-state index in [0.29, 0.717) is 12.1 Å². The molecular weight excluding hydrogens is 282 g/mol. The summed E-state index contributed by atoms with van der Waals surface area (Å²) in [5, 5.41) is -0.129. The minimum Gasteiger partial charge on any atom is -0.320 e. The lowest BCUT2D eigenvalue weighted by atomic mass is 9.98. The van der Waals surface area contributed by atoms with E-state index in [-0.39, 0.29) is 10.6 Å². The Morgan fingerprint density at radius 3 is 2.00 bits per heavy atom. The summed E-state index contributed by atoms with van der Waals surface area (Å²) in [5.41, 5.74) is 5.28. The zero-order valence-corrected chi connectivity index (χ0v) is 10.2. The zero-order valence-electron chi connectivity index (χ0n) is 9.43.